The number of allylic oxidation sites excluding steroid dienone is 10. The lowest BCUT2D eigenvalue weighted by molar-refractivity contribution is -0.384. The Morgan fingerprint density at radius 1 is 1.18 bits per heavy atom. The van der Waals surface area contributed by atoms with E-state index in [0.29, 0.717) is 0 Å². The van der Waals surface area contributed by atoms with Crippen LogP contribution in [0.15, 0.2) is 81.9 Å². The van der Waals surface area contributed by atoms with Crippen LogP contribution in [0.25, 0.3) is 0 Å². The van der Waals surface area contributed by atoms with E-state index < -0.39 is 10.9 Å². The Labute approximate surface area is 195 Å². The summed E-state index contributed by atoms with van der Waals surface area (Å²) in [5, 5.41) is 20.2. The van der Waals surface area contributed by atoms with Crippen LogP contribution in [0.4, 0.5) is 11.4 Å². The molecule has 1 aromatic carbocycles. The summed E-state index contributed by atoms with van der Waals surface area (Å²) < 4.78 is 0. The summed E-state index contributed by atoms with van der Waals surface area (Å²) in [6, 6.07) is 3.50. The quantitative estimate of drug-likeness (QED) is 0.192. The fourth-order valence-corrected chi connectivity index (χ4v) is 3.84. The maximum absolute atomic E-state index is 11.3. The molecule has 0 unspecified atom stereocenters. The second-order valence-corrected chi connectivity index (χ2v) is 8.99. The molecule has 0 saturated heterocycles. The molecule has 33 heavy (non-hydrogen) atoms. The molecule has 1 aliphatic rings. The van der Waals surface area contributed by atoms with Gasteiger partial charge in [-0.25, -0.2) is 4.79 Å². The molecule has 1 aliphatic carbocycles. The first-order valence-corrected chi connectivity index (χ1v) is 11.0. The summed E-state index contributed by atoms with van der Waals surface area (Å²) >= 11 is 0. The van der Waals surface area contributed by atoms with Crippen molar-refractivity contribution in [2.24, 2.45) is 10.4 Å². The van der Waals surface area contributed by atoms with Gasteiger partial charge < -0.3 is 5.11 Å². The van der Waals surface area contributed by atoms with E-state index in [0.717, 1.165) is 23.3 Å². The zero-order valence-corrected chi connectivity index (χ0v) is 20.0. The Hall–Kier alpha value is -3.54. The molecule has 0 aliphatic heterocycles. The number of carboxylic acids is 1. The van der Waals surface area contributed by atoms with Crippen LogP contribution in [0.3, 0.4) is 0 Å². The van der Waals surface area contributed by atoms with E-state index in [1.807, 2.05) is 25.2 Å². The first-order chi connectivity index (χ1) is 15.5. The predicted molar refractivity (Wildman–Crippen MR) is 134 cm³/mol. The van der Waals surface area contributed by atoms with Crippen molar-refractivity contribution < 1.29 is 14.8 Å². The molecule has 6 nitrogen and oxygen atoms in total. The molecule has 1 aromatic rings. The lowest BCUT2D eigenvalue weighted by atomic mass is 9.72. The molecular weight excluding hydrogens is 416 g/mol. The zero-order valence-electron chi connectivity index (χ0n) is 20.0. The summed E-state index contributed by atoms with van der Waals surface area (Å²) in [5.41, 5.74) is 4.91. The highest BCUT2D eigenvalue weighted by atomic mass is 16.6. The fourth-order valence-electron chi connectivity index (χ4n) is 3.84. The van der Waals surface area contributed by atoms with Crippen molar-refractivity contribution >= 4 is 23.6 Å². The first kappa shape index (κ1) is 25.7. The summed E-state index contributed by atoms with van der Waals surface area (Å²) in [6.07, 6.45) is 17.1. The van der Waals surface area contributed by atoms with Crippen LogP contribution in [0.5, 0.6) is 0 Å². The molecule has 0 spiro atoms. The number of aromatic carboxylic acids is 1. The van der Waals surface area contributed by atoms with Gasteiger partial charge in [-0.15, -0.1) is 0 Å². The second kappa shape index (κ2) is 11.4. The molecule has 0 heterocycles. The van der Waals surface area contributed by atoms with Crippen LogP contribution in [0.2, 0.25) is 0 Å². The van der Waals surface area contributed by atoms with E-state index in [2.05, 4.69) is 44.8 Å². The molecule has 0 saturated carbocycles. The summed E-state index contributed by atoms with van der Waals surface area (Å²) in [4.78, 5) is 25.8. The molecule has 0 radical (unpaired) electrons. The van der Waals surface area contributed by atoms with Gasteiger partial charge in [0.1, 0.15) is 0 Å². The number of carbonyl (C=O) groups is 1. The first-order valence-electron chi connectivity index (χ1n) is 11.0. The minimum absolute atomic E-state index is 0.0424. The molecule has 0 amide bonds. The van der Waals surface area contributed by atoms with Crippen molar-refractivity contribution in [1.82, 2.24) is 0 Å². The lowest BCUT2D eigenvalue weighted by Gasteiger charge is -2.32. The lowest BCUT2D eigenvalue weighted by Crippen LogP contribution is -2.19. The average molecular weight is 449 g/mol. The molecule has 0 aromatic heterocycles. The van der Waals surface area contributed by atoms with Crippen molar-refractivity contribution in [3.8, 4) is 0 Å². The number of hydrogen-bond acceptors (Lipinski definition) is 4. The molecule has 0 bridgehead atoms. The number of nitro groups is 1. The minimum Gasteiger partial charge on any atom is -0.478 e. The number of benzene rings is 1. The van der Waals surface area contributed by atoms with Gasteiger partial charge in [0.05, 0.1) is 16.2 Å². The van der Waals surface area contributed by atoms with Crippen molar-refractivity contribution in [1.29, 1.82) is 0 Å². The smallest absolute Gasteiger partial charge is 0.337 e. The highest BCUT2D eigenvalue weighted by Gasteiger charge is 2.26. The van der Waals surface area contributed by atoms with E-state index in [-0.39, 0.29) is 22.4 Å². The number of nitro benzene ring substituents is 1. The van der Waals surface area contributed by atoms with Crippen LogP contribution in [-0.4, -0.2) is 22.2 Å². The third-order valence-corrected chi connectivity index (χ3v) is 5.75. The second-order valence-electron chi connectivity index (χ2n) is 8.99. The normalized spacial score (nSPS) is 17.5. The van der Waals surface area contributed by atoms with Crippen LogP contribution in [0.1, 0.15) is 64.2 Å². The van der Waals surface area contributed by atoms with Gasteiger partial charge in [-0.2, -0.15) is 0 Å². The maximum Gasteiger partial charge on any atom is 0.337 e. The zero-order chi connectivity index (χ0) is 24.6. The van der Waals surface area contributed by atoms with Crippen molar-refractivity contribution in [2.75, 3.05) is 0 Å². The van der Waals surface area contributed by atoms with Crippen molar-refractivity contribution in [2.45, 2.75) is 53.9 Å². The van der Waals surface area contributed by atoms with Crippen LogP contribution in [-0.2, 0) is 0 Å². The topological polar surface area (TPSA) is 92.8 Å². The number of carboxylic acid groups (broad SMARTS) is 1. The highest BCUT2D eigenvalue weighted by Crippen LogP contribution is 2.40. The SMILES string of the molecule is CC1=C(/C=C/C(C)=C/C=C/C(C)=C/C=Nc2cc([N+](=O)[O-])ccc2C(=O)O)C(C)(C)CCC1. The summed E-state index contributed by atoms with van der Waals surface area (Å²) in [7, 11) is 0. The van der Waals surface area contributed by atoms with Gasteiger partial charge >= 0.3 is 5.97 Å². The fraction of sp³-hybridized carbons (Fsp3) is 0.333. The van der Waals surface area contributed by atoms with E-state index in [9.17, 15) is 20.0 Å². The molecule has 174 valence electrons. The number of aliphatic imine (C=N–C) groups is 1. The highest BCUT2D eigenvalue weighted by molar-refractivity contribution is 5.95. The Morgan fingerprint density at radius 2 is 1.88 bits per heavy atom. The Balaban J connectivity index is 2.09. The third kappa shape index (κ3) is 7.52. The van der Waals surface area contributed by atoms with Gasteiger partial charge in [-0.3, -0.25) is 15.1 Å². The van der Waals surface area contributed by atoms with E-state index in [4.69, 9.17) is 0 Å². The number of rotatable bonds is 8. The van der Waals surface area contributed by atoms with E-state index in [1.165, 1.54) is 42.7 Å². The largest absolute Gasteiger partial charge is 0.478 e. The van der Waals surface area contributed by atoms with Gasteiger partial charge in [0.2, 0.25) is 0 Å². The van der Waals surface area contributed by atoms with Gasteiger partial charge in [-0.1, -0.05) is 55.4 Å². The van der Waals surface area contributed by atoms with Crippen LogP contribution in [0, 0.1) is 15.5 Å². The minimum atomic E-state index is -1.19. The molecule has 2 rings (SSSR count). The third-order valence-electron chi connectivity index (χ3n) is 5.75. The Morgan fingerprint density at radius 3 is 2.52 bits per heavy atom. The van der Waals surface area contributed by atoms with Crippen molar-refractivity contribution in [3.63, 3.8) is 0 Å². The molecule has 0 fully saturated rings. The monoisotopic (exact) mass is 448 g/mol. The van der Waals surface area contributed by atoms with Crippen LogP contribution >= 0.6 is 0 Å². The van der Waals surface area contributed by atoms with Gasteiger partial charge in [0, 0.05) is 18.3 Å². The van der Waals surface area contributed by atoms with Crippen LogP contribution < -0.4 is 0 Å². The Kier molecular flexibility index (Phi) is 8.85. The molecule has 0 atom stereocenters. The molecule has 1 N–H and O–H groups in total. The number of hydrogen-bond donors (Lipinski definition) is 1. The Bertz CT molecular complexity index is 1100. The number of non-ortho nitro benzene ring substituents is 1. The standard InChI is InChI=1S/C27H32N2O4/c1-19(11-14-24-21(3)10-7-16-27(24,4)5)8-6-9-20(2)15-17-28-25-18-22(29(32)33)12-13-23(25)26(30)31/h6,8-9,11-15,17-18H,7,10,16H2,1-5H3,(H,30,31)/b9-6+,14-11+,19-8+,20-15+,28-17?. The van der Waals surface area contributed by atoms with E-state index >= 15 is 0 Å². The van der Waals surface area contributed by atoms with Gasteiger partial charge in [-0.05, 0) is 68.7 Å². The molecule has 6 heteroatoms. The number of nitrogens with zero attached hydrogens (tertiary/aromatic N) is 2. The van der Waals surface area contributed by atoms with Gasteiger partial charge in [0.15, 0.2) is 0 Å². The summed E-state index contributed by atoms with van der Waals surface area (Å²) in [5.74, 6) is -1.19. The predicted octanol–water partition coefficient (Wildman–Crippen LogP) is 7.53. The molecular formula is C27H32N2O4. The van der Waals surface area contributed by atoms with E-state index in [1.54, 1.807) is 6.08 Å². The average Bonchev–Trinajstić information content (AvgIpc) is 2.72. The maximum atomic E-state index is 11.3. The van der Waals surface area contributed by atoms with Crippen molar-refractivity contribution in [3.05, 3.63) is 92.6 Å². The van der Waals surface area contributed by atoms with Gasteiger partial charge in [0.25, 0.3) is 5.69 Å². The summed E-state index contributed by atoms with van der Waals surface area (Å²) in [6.45, 7) is 10.8.